The normalized spacial score (nSPS) is 9.70. The van der Waals surface area contributed by atoms with Crippen molar-refractivity contribution >= 4 is 11.8 Å². The van der Waals surface area contributed by atoms with Crippen LogP contribution in [-0.2, 0) is 0 Å². The van der Waals surface area contributed by atoms with E-state index in [2.05, 4.69) is 10.7 Å². The number of aromatic nitrogens is 1. The lowest BCUT2D eigenvalue weighted by Crippen LogP contribution is -2.51. The molecule has 10 heavy (non-hydrogen) atoms. The highest BCUT2D eigenvalue weighted by Crippen LogP contribution is 2.14. The fourth-order valence-corrected chi connectivity index (χ4v) is 1.32. The van der Waals surface area contributed by atoms with Gasteiger partial charge in [0.05, 0.1) is 6.54 Å². The number of hydrogen-bond acceptors (Lipinski definition) is 2. The van der Waals surface area contributed by atoms with Crippen molar-refractivity contribution in [1.82, 2.24) is 4.98 Å². The topological polar surface area (TPSA) is 40.5 Å². The standard InChI is InChI=1S/C7H10N2S/c8-3-6-10-7-1-4-9-5-2-7/h1-2,4-5H,3,6,8H2/p+1. The third-order valence-electron chi connectivity index (χ3n) is 1.06. The lowest BCUT2D eigenvalue weighted by Gasteiger charge is -1.94. The van der Waals surface area contributed by atoms with Crippen molar-refractivity contribution in [2.24, 2.45) is 0 Å². The van der Waals surface area contributed by atoms with Crippen LogP contribution in [0.2, 0.25) is 0 Å². The van der Waals surface area contributed by atoms with E-state index < -0.39 is 0 Å². The smallest absolute Gasteiger partial charge is 0.0835 e. The van der Waals surface area contributed by atoms with Gasteiger partial charge in [0.1, 0.15) is 0 Å². The summed E-state index contributed by atoms with van der Waals surface area (Å²) in [5.74, 6) is 1.09. The van der Waals surface area contributed by atoms with Gasteiger partial charge >= 0.3 is 0 Å². The van der Waals surface area contributed by atoms with E-state index in [0.717, 1.165) is 12.3 Å². The number of rotatable bonds is 3. The largest absolute Gasteiger partial charge is 0.357 e. The third kappa shape index (κ3) is 2.37. The molecule has 0 atom stereocenters. The van der Waals surface area contributed by atoms with E-state index in [-0.39, 0.29) is 0 Å². The molecule has 0 unspecified atom stereocenters. The van der Waals surface area contributed by atoms with Crippen molar-refractivity contribution < 1.29 is 5.73 Å². The zero-order valence-corrected chi connectivity index (χ0v) is 6.60. The lowest BCUT2D eigenvalue weighted by molar-refractivity contribution is -0.360. The molecule has 3 heteroatoms. The Bertz CT molecular complexity index is 176. The summed E-state index contributed by atoms with van der Waals surface area (Å²) in [7, 11) is 0. The van der Waals surface area contributed by atoms with Crippen molar-refractivity contribution in [2.75, 3.05) is 12.3 Å². The first-order chi connectivity index (χ1) is 4.93. The van der Waals surface area contributed by atoms with Gasteiger partial charge in [-0.25, -0.2) is 0 Å². The second-order valence-electron chi connectivity index (χ2n) is 1.88. The molecule has 0 bridgehead atoms. The Balaban J connectivity index is 2.43. The SMILES string of the molecule is [NH3+]CCSc1ccncc1. The number of quaternary nitrogens is 1. The van der Waals surface area contributed by atoms with Crippen LogP contribution in [0.25, 0.3) is 0 Å². The zero-order chi connectivity index (χ0) is 7.23. The Kier molecular flexibility index (Phi) is 3.26. The van der Waals surface area contributed by atoms with Crippen LogP contribution in [0, 0.1) is 0 Å². The molecule has 1 aromatic rings. The molecule has 3 N–H and O–H groups in total. The monoisotopic (exact) mass is 155 g/mol. The molecule has 0 radical (unpaired) electrons. The predicted molar refractivity (Wildman–Crippen MR) is 42.7 cm³/mol. The van der Waals surface area contributed by atoms with Gasteiger partial charge < -0.3 is 5.73 Å². The van der Waals surface area contributed by atoms with Gasteiger partial charge in [-0.2, -0.15) is 0 Å². The van der Waals surface area contributed by atoms with Gasteiger partial charge in [0.15, 0.2) is 0 Å². The van der Waals surface area contributed by atoms with E-state index in [1.165, 1.54) is 4.90 Å². The molecule has 1 heterocycles. The first-order valence-corrected chi connectivity index (χ1v) is 4.24. The lowest BCUT2D eigenvalue weighted by atomic mass is 10.5. The molecule has 2 nitrogen and oxygen atoms in total. The molecule has 0 amide bonds. The first-order valence-electron chi connectivity index (χ1n) is 3.25. The second-order valence-corrected chi connectivity index (χ2v) is 3.05. The fourth-order valence-electron chi connectivity index (χ4n) is 0.624. The van der Waals surface area contributed by atoms with Crippen molar-refractivity contribution in [2.45, 2.75) is 4.90 Å². The van der Waals surface area contributed by atoms with Crippen LogP contribution in [0.15, 0.2) is 29.4 Å². The number of thioether (sulfide) groups is 1. The Morgan fingerprint density at radius 3 is 2.70 bits per heavy atom. The maximum Gasteiger partial charge on any atom is 0.0835 e. The molecule has 1 aromatic heterocycles. The Labute approximate surface area is 64.8 Å². The van der Waals surface area contributed by atoms with E-state index in [1.54, 1.807) is 0 Å². The molecular formula is C7H11N2S+. The van der Waals surface area contributed by atoms with Crippen LogP contribution in [0.4, 0.5) is 0 Å². The molecule has 0 aliphatic rings. The summed E-state index contributed by atoms with van der Waals surface area (Å²) >= 11 is 1.82. The summed E-state index contributed by atoms with van der Waals surface area (Å²) in [6, 6.07) is 4.03. The summed E-state index contributed by atoms with van der Waals surface area (Å²) < 4.78 is 0. The Morgan fingerprint density at radius 1 is 1.40 bits per heavy atom. The highest BCUT2D eigenvalue weighted by Gasteiger charge is 1.89. The molecular weight excluding hydrogens is 144 g/mol. The summed E-state index contributed by atoms with van der Waals surface area (Å²) in [4.78, 5) is 5.20. The molecule has 0 aromatic carbocycles. The van der Waals surface area contributed by atoms with Crippen molar-refractivity contribution in [3.8, 4) is 0 Å². The van der Waals surface area contributed by atoms with E-state index >= 15 is 0 Å². The summed E-state index contributed by atoms with van der Waals surface area (Å²) in [6.45, 7) is 0.979. The van der Waals surface area contributed by atoms with Gasteiger partial charge in [-0.1, -0.05) is 0 Å². The maximum absolute atomic E-state index is 3.92. The van der Waals surface area contributed by atoms with Crippen LogP contribution in [-0.4, -0.2) is 17.3 Å². The fraction of sp³-hybridized carbons (Fsp3) is 0.286. The molecule has 0 spiro atoms. The van der Waals surface area contributed by atoms with Crippen molar-refractivity contribution in [3.63, 3.8) is 0 Å². The van der Waals surface area contributed by atoms with Gasteiger partial charge in [0.25, 0.3) is 0 Å². The molecule has 0 saturated heterocycles. The minimum absolute atomic E-state index is 0.979. The average molecular weight is 155 g/mol. The van der Waals surface area contributed by atoms with E-state index in [4.69, 9.17) is 0 Å². The highest BCUT2D eigenvalue weighted by atomic mass is 32.2. The number of pyridine rings is 1. The maximum atomic E-state index is 3.92. The second kappa shape index (κ2) is 4.30. The van der Waals surface area contributed by atoms with Crippen LogP contribution in [0.5, 0.6) is 0 Å². The van der Waals surface area contributed by atoms with E-state index in [1.807, 2.05) is 36.3 Å². The molecule has 0 fully saturated rings. The van der Waals surface area contributed by atoms with Crippen molar-refractivity contribution in [3.05, 3.63) is 24.5 Å². The molecule has 54 valence electrons. The van der Waals surface area contributed by atoms with Crippen LogP contribution >= 0.6 is 11.8 Å². The quantitative estimate of drug-likeness (QED) is 0.642. The van der Waals surface area contributed by atoms with E-state index in [9.17, 15) is 0 Å². The third-order valence-corrected chi connectivity index (χ3v) is 2.16. The first kappa shape index (κ1) is 7.57. The van der Waals surface area contributed by atoms with Gasteiger partial charge in [-0.3, -0.25) is 4.98 Å². The highest BCUT2D eigenvalue weighted by molar-refractivity contribution is 7.99. The predicted octanol–water partition coefficient (Wildman–Crippen LogP) is 0.416. The summed E-state index contributed by atoms with van der Waals surface area (Å²) in [5, 5.41) is 0. The molecule has 0 saturated carbocycles. The summed E-state index contributed by atoms with van der Waals surface area (Å²) in [5.41, 5.74) is 3.76. The van der Waals surface area contributed by atoms with Gasteiger partial charge in [-0.15, -0.1) is 11.8 Å². The van der Waals surface area contributed by atoms with Gasteiger partial charge in [-0.05, 0) is 12.1 Å². The Morgan fingerprint density at radius 2 is 2.10 bits per heavy atom. The number of hydrogen-bond donors (Lipinski definition) is 1. The number of nitrogens with zero attached hydrogens (tertiary/aromatic N) is 1. The van der Waals surface area contributed by atoms with E-state index in [0.29, 0.717) is 0 Å². The Hall–Kier alpha value is -0.540. The van der Waals surface area contributed by atoms with Gasteiger partial charge in [0, 0.05) is 23.0 Å². The average Bonchev–Trinajstić information content (AvgIpc) is 2.03. The van der Waals surface area contributed by atoms with Gasteiger partial charge in [0.2, 0.25) is 0 Å². The van der Waals surface area contributed by atoms with Crippen LogP contribution in [0.3, 0.4) is 0 Å². The zero-order valence-electron chi connectivity index (χ0n) is 5.79. The van der Waals surface area contributed by atoms with Crippen LogP contribution < -0.4 is 5.73 Å². The summed E-state index contributed by atoms with van der Waals surface area (Å²) in [6.07, 6.45) is 3.62. The minimum Gasteiger partial charge on any atom is -0.357 e. The molecule has 0 aliphatic heterocycles. The molecule has 0 aliphatic carbocycles. The van der Waals surface area contributed by atoms with Crippen molar-refractivity contribution in [1.29, 1.82) is 0 Å². The molecule has 1 rings (SSSR count). The van der Waals surface area contributed by atoms with Crippen LogP contribution in [0.1, 0.15) is 0 Å². The minimum atomic E-state index is 0.979.